The number of nitrogens with one attached hydrogen (secondary N) is 1. The van der Waals surface area contributed by atoms with Crippen molar-refractivity contribution in [2.75, 3.05) is 30.9 Å². The smallest absolute Gasteiger partial charge is 0.330 e. The molecular formula is C17H26N6O4. The summed E-state index contributed by atoms with van der Waals surface area (Å²) in [5.74, 6) is -0.306. The molecule has 1 amide bonds. The summed E-state index contributed by atoms with van der Waals surface area (Å²) in [6, 6.07) is 0. The highest BCUT2D eigenvalue weighted by molar-refractivity contribution is 5.95. The third-order valence-electron chi connectivity index (χ3n) is 3.91. The Hall–Kier alpha value is -2.88. The number of carbonyl (C=O) groups excluding carboxylic acids is 1. The molecule has 2 aromatic heterocycles. The van der Waals surface area contributed by atoms with Gasteiger partial charge in [-0.2, -0.15) is 5.10 Å². The number of hydrogen-bond acceptors (Lipinski definition) is 6. The number of nitrogen functional groups attached to an aromatic ring is 1. The predicted molar refractivity (Wildman–Crippen MR) is 102 cm³/mol. The fourth-order valence-corrected chi connectivity index (χ4v) is 2.71. The number of aromatic nitrogens is 4. The van der Waals surface area contributed by atoms with Crippen LogP contribution in [0.5, 0.6) is 0 Å². The van der Waals surface area contributed by atoms with Crippen molar-refractivity contribution in [3.8, 4) is 0 Å². The largest absolute Gasteiger partial charge is 0.383 e. The minimum absolute atomic E-state index is 0.0430. The summed E-state index contributed by atoms with van der Waals surface area (Å²) in [5, 5.41) is 4.09. The normalized spacial score (nSPS) is 11.1. The molecular weight excluding hydrogens is 352 g/mol. The second-order valence-corrected chi connectivity index (χ2v) is 6.75. The first-order valence-electron chi connectivity index (χ1n) is 8.65. The predicted octanol–water partition coefficient (Wildman–Crippen LogP) is -0.0407. The minimum atomic E-state index is -0.710. The van der Waals surface area contributed by atoms with Gasteiger partial charge in [-0.3, -0.25) is 23.8 Å². The molecule has 0 saturated heterocycles. The molecule has 0 saturated carbocycles. The van der Waals surface area contributed by atoms with Crippen molar-refractivity contribution < 1.29 is 9.53 Å². The molecule has 2 heterocycles. The summed E-state index contributed by atoms with van der Waals surface area (Å²) in [4.78, 5) is 40.9. The second-order valence-electron chi connectivity index (χ2n) is 6.75. The van der Waals surface area contributed by atoms with Crippen LogP contribution < -0.4 is 21.9 Å². The maximum atomic E-state index is 12.9. The van der Waals surface area contributed by atoms with Crippen molar-refractivity contribution >= 4 is 17.4 Å². The van der Waals surface area contributed by atoms with E-state index in [1.54, 1.807) is 12.4 Å². The molecule has 0 aromatic carbocycles. The van der Waals surface area contributed by atoms with Gasteiger partial charge in [0.15, 0.2) is 5.69 Å². The average Bonchev–Trinajstić information content (AvgIpc) is 2.98. The summed E-state index contributed by atoms with van der Waals surface area (Å²) in [6.45, 7) is 6.27. The molecule has 10 nitrogen and oxygen atoms in total. The molecule has 0 spiro atoms. The molecule has 0 aliphatic rings. The van der Waals surface area contributed by atoms with Crippen molar-refractivity contribution in [3.63, 3.8) is 0 Å². The number of hydrogen-bond donors (Lipinski definition) is 2. The van der Waals surface area contributed by atoms with Gasteiger partial charge in [-0.1, -0.05) is 13.8 Å². The molecule has 0 atom stereocenters. The Morgan fingerprint density at radius 1 is 1.41 bits per heavy atom. The van der Waals surface area contributed by atoms with E-state index < -0.39 is 11.2 Å². The molecule has 0 fully saturated rings. The number of H-pyrrole nitrogens is 1. The van der Waals surface area contributed by atoms with Crippen molar-refractivity contribution in [2.24, 2.45) is 5.92 Å². The molecule has 2 aromatic rings. The van der Waals surface area contributed by atoms with Gasteiger partial charge in [0.2, 0.25) is 5.91 Å². The molecule has 27 heavy (non-hydrogen) atoms. The Balaban J connectivity index is 2.47. The van der Waals surface area contributed by atoms with E-state index in [0.29, 0.717) is 6.54 Å². The molecule has 148 valence electrons. The standard InChI is InChI=1S/C17H26N6O4/c1-11(2)8-23-15(18)14(16(25)20-17(23)26)22(5-6-27-4)13(24)10-21-9-12(3)7-19-21/h7,9,11H,5-6,8,10,18H2,1-4H3,(H,20,25,26). The summed E-state index contributed by atoms with van der Waals surface area (Å²) in [6.07, 6.45) is 3.36. The molecule has 2 rings (SSSR count). The number of anilines is 2. The quantitative estimate of drug-likeness (QED) is 0.663. The zero-order valence-electron chi connectivity index (χ0n) is 16.1. The van der Waals surface area contributed by atoms with Gasteiger partial charge in [-0.05, 0) is 18.4 Å². The number of nitrogens with two attached hydrogens (primary N) is 1. The van der Waals surface area contributed by atoms with Crippen LogP contribution in [-0.2, 0) is 22.6 Å². The SMILES string of the molecule is COCCN(C(=O)Cn1cc(C)cn1)c1c(N)n(CC(C)C)c(=O)[nH]c1=O. The lowest BCUT2D eigenvalue weighted by Crippen LogP contribution is -2.44. The fraction of sp³-hybridized carbons (Fsp3) is 0.529. The monoisotopic (exact) mass is 378 g/mol. The van der Waals surface area contributed by atoms with Gasteiger partial charge in [0, 0.05) is 26.4 Å². The lowest BCUT2D eigenvalue weighted by Gasteiger charge is -2.24. The van der Waals surface area contributed by atoms with E-state index in [1.165, 1.54) is 21.3 Å². The van der Waals surface area contributed by atoms with E-state index in [4.69, 9.17) is 10.5 Å². The zero-order chi connectivity index (χ0) is 20.1. The zero-order valence-corrected chi connectivity index (χ0v) is 16.1. The maximum Gasteiger partial charge on any atom is 0.330 e. The van der Waals surface area contributed by atoms with Crippen LogP contribution in [0, 0.1) is 12.8 Å². The van der Waals surface area contributed by atoms with Crippen molar-refractivity contribution in [3.05, 3.63) is 38.8 Å². The lowest BCUT2D eigenvalue weighted by atomic mass is 10.2. The lowest BCUT2D eigenvalue weighted by molar-refractivity contribution is -0.119. The number of methoxy groups -OCH3 is 1. The Morgan fingerprint density at radius 2 is 2.11 bits per heavy atom. The molecule has 0 bridgehead atoms. The van der Waals surface area contributed by atoms with Gasteiger partial charge in [-0.25, -0.2) is 4.79 Å². The van der Waals surface area contributed by atoms with E-state index >= 15 is 0 Å². The van der Waals surface area contributed by atoms with Crippen molar-refractivity contribution in [1.29, 1.82) is 0 Å². The van der Waals surface area contributed by atoms with E-state index in [2.05, 4.69) is 10.1 Å². The Morgan fingerprint density at radius 3 is 2.67 bits per heavy atom. The van der Waals surface area contributed by atoms with Gasteiger partial charge in [0.1, 0.15) is 12.4 Å². The van der Waals surface area contributed by atoms with E-state index in [1.807, 2.05) is 20.8 Å². The van der Waals surface area contributed by atoms with Gasteiger partial charge in [-0.15, -0.1) is 0 Å². The number of carbonyl (C=O) groups is 1. The Kier molecular flexibility index (Phi) is 6.56. The first-order valence-corrected chi connectivity index (χ1v) is 8.65. The molecule has 0 aliphatic heterocycles. The first-order chi connectivity index (χ1) is 12.7. The maximum absolute atomic E-state index is 12.9. The topological polar surface area (TPSA) is 128 Å². The summed E-state index contributed by atoms with van der Waals surface area (Å²) < 4.78 is 7.81. The summed E-state index contributed by atoms with van der Waals surface area (Å²) in [7, 11) is 1.49. The number of rotatable bonds is 8. The molecule has 0 radical (unpaired) electrons. The molecule has 3 N–H and O–H groups in total. The number of aromatic amines is 1. The van der Waals surface area contributed by atoms with Crippen LogP contribution in [0.3, 0.4) is 0 Å². The van der Waals surface area contributed by atoms with Crippen LogP contribution in [0.25, 0.3) is 0 Å². The highest BCUT2D eigenvalue weighted by Gasteiger charge is 2.24. The highest BCUT2D eigenvalue weighted by atomic mass is 16.5. The average molecular weight is 378 g/mol. The highest BCUT2D eigenvalue weighted by Crippen LogP contribution is 2.18. The van der Waals surface area contributed by atoms with E-state index in [0.717, 1.165) is 5.56 Å². The first kappa shape index (κ1) is 20.4. The van der Waals surface area contributed by atoms with Crippen molar-refractivity contribution in [2.45, 2.75) is 33.9 Å². The summed E-state index contributed by atoms with van der Waals surface area (Å²) in [5.41, 5.74) is 5.67. The van der Waals surface area contributed by atoms with Crippen LogP contribution in [0.2, 0.25) is 0 Å². The van der Waals surface area contributed by atoms with Crippen LogP contribution in [0.4, 0.5) is 11.5 Å². The third kappa shape index (κ3) is 4.85. The van der Waals surface area contributed by atoms with Crippen LogP contribution in [0.1, 0.15) is 19.4 Å². The molecule has 10 heteroatoms. The second kappa shape index (κ2) is 8.67. The minimum Gasteiger partial charge on any atom is -0.383 e. The van der Waals surface area contributed by atoms with Crippen LogP contribution in [-0.4, -0.2) is 45.5 Å². The fourth-order valence-electron chi connectivity index (χ4n) is 2.71. The van der Waals surface area contributed by atoms with Gasteiger partial charge in [0.05, 0.1) is 12.8 Å². The third-order valence-corrected chi connectivity index (χ3v) is 3.91. The Bertz CT molecular complexity index is 911. The number of aryl methyl sites for hydroxylation is 1. The molecule has 0 aliphatic carbocycles. The number of nitrogens with zero attached hydrogens (tertiary/aromatic N) is 4. The van der Waals surface area contributed by atoms with Gasteiger partial charge in [0.25, 0.3) is 5.56 Å². The number of ether oxygens (including phenoxy) is 1. The van der Waals surface area contributed by atoms with Gasteiger partial charge >= 0.3 is 5.69 Å². The van der Waals surface area contributed by atoms with Crippen molar-refractivity contribution in [1.82, 2.24) is 19.3 Å². The van der Waals surface area contributed by atoms with Crippen LogP contribution >= 0.6 is 0 Å². The van der Waals surface area contributed by atoms with E-state index in [-0.39, 0.29) is 43.0 Å². The number of amides is 1. The summed E-state index contributed by atoms with van der Waals surface area (Å²) >= 11 is 0. The van der Waals surface area contributed by atoms with Gasteiger partial charge < -0.3 is 15.4 Å². The van der Waals surface area contributed by atoms with E-state index in [9.17, 15) is 14.4 Å². The van der Waals surface area contributed by atoms with Crippen LogP contribution in [0.15, 0.2) is 22.0 Å². The molecule has 0 unspecified atom stereocenters. The Labute approximate surface area is 156 Å².